The predicted octanol–water partition coefficient (Wildman–Crippen LogP) is 0.992. The Kier molecular flexibility index (Phi) is 4.91. The van der Waals surface area contributed by atoms with Crippen molar-refractivity contribution in [2.45, 2.75) is 26.8 Å². The van der Waals surface area contributed by atoms with E-state index in [1.807, 2.05) is 6.92 Å². The smallest absolute Gasteiger partial charge is 0.243 e. The van der Waals surface area contributed by atoms with E-state index in [0.717, 1.165) is 26.2 Å². The molecule has 1 unspecified atom stereocenters. The van der Waals surface area contributed by atoms with E-state index in [2.05, 4.69) is 37.3 Å². The zero-order valence-corrected chi connectivity index (χ0v) is 14.2. The topological polar surface area (TPSA) is 101 Å². The second-order valence-corrected chi connectivity index (χ2v) is 6.04. The fourth-order valence-electron chi connectivity index (χ4n) is 2.76. The maximum absolute atomic E-state index is 12.0. The molecule has 0 radical (unpaired) electrons. The summed E-state index contributed by atoms with van der Waals surface area (Å²) < 4.78 is 10.2. The molecule has 3 heterocycles. The molecule has 130 valence electrons. The fraction of sp³-hybridized carbons (Fsp3) is 0.600. The highest BCUT2D eigenvalue weighted by atomic mass is 16.5. The molecule has 1 amide bonds. The molecule has 3 rings (SSSR count). The van der Waals surface area contributed by atoms with Gasteiger partial charge in [0.2, 0.25) is 11.8 Å². The molecule has 1 aliphatic heterocycles. The first-order valence-electron chi connectivity index (χ1n) is 8.01. The molecular weight excluding hydrogens is 312 g/mol. The van der Waals surface area contributed by atoms with Gasteiger partial charge in [-0.15, -0.1) is 0 Å². The Balaban J connectivity index is 1.45. The number of anilines is 1. The van der Waals surface area contributed by atoms with Gasteiger partial charge in [0.15, 0.2) is 11.6 Å². The van der Waals surface area contributed by atoms with Crippen molar-refractivity contribution in [1.82, 2.24) is 25.1 Å². The third-order valence-electron chi connectivity index (χ3n) is 4.12. The first-order valence-corrected chi connectivity index (χ1v) is 8.01. The van der Waals surface area contributed by atoms with Crippen LogP contribution in [0.1, 0.15) is 30.4 Å². The van der Waals surface area contributed by atoms with Crippen LogP contribution in [0.4, 0.5) is 5.82 Å². The largest absolute Gasteiger partial charge is 0.360 e. The van der Waals surface area contributed by atoms with E-state index in [-0.39, 0.29) is 11.9 Å². The van der Waals surface area contributed by atoms with Crippen molar-refractivity contribution in [1.29, 1.82) is 0 Å². The highest BCUT2D eigenvalue weighted by Crippen LogP contribution is 2.19. The van der Waals surface area contributed by atoms with E-state index in [1.54, 1.807) is 13.0 Å². The van der Waals surface area contributed by atoms with Crippen LogP contribution in [-0.2, 0) is 4.79 Å². The molecule has 1 N–H and O–H groups in total. The summed E-state index contributed by atoms with van der Waals surface area (Å²) in [7, 11) is 0. The lowest BCUT2D eigenvalue weighted by molar-refractivity contribution is -0.117. The number of carbonyl (C=O) groups excluding carboxylic acids is 1. The van der Waals surface area contributed by atoms with Crippen LogP contribution in [0.3, 0.4) is 0 Å². The fourth-order valence-corrected chi connectivity index (χ4v) is 2.76. The average molecular weight is 334 g/mol. The van der Waals surface area contributed by atoms with Crippen LogP contribution in [0.5, 0.6) is 0 Å². The molecule has 0 spiro atoms. The number of aromatic nitrogens is 3. The van der Waals surface area contributed by atoms with Gasteiger partial charge in [0.05, 0.1) is 12.6 Å². The molecule has 1 aliphatic rings. The number of aryl methyl sites for hydroxylation is 2. The highest BCUT2D eigenvalue weighted by molar-refractivity contribution is 5.91. The Labute approximate surface area is 140 Å². The number of carbonyl (C=O) groups is 1. The van der Waals surface area contributed by atoms with Gasteiger partial charge in [0.25, 0.3) is 0 Å². The standard InChI is InChI=1S/C15H22N6O3/c1-10-8-13(19-23-10)17-14(22)9-20-4-6-21(7-5-20)11(2)15-16-12(3)18-24-15/h8,11H,4-7,9H2,1-3H3,(H,17,19,22). The summed E-state index contributed by atoms with van der Waals surface area (Å²) in [5.41, 5.74) is 0. The summed E-state index contributed by atoms with van der Waals surface area (Å²) >= 11 is 0. The first-order chi connectivity index (χ1) is 11.5. The minimum absolute atomic E-state index is 0.0836. The Morgan fingerprint density at radius 3 is 2.58 bits per heavy atom. The molecule has 2 aromatic heterocycles. The Bertz CT molecular complexity index is 689. The van der Waals surface area contributed by atoms with E-state index in [4.69, 9.17) is 9.05 Å². The first kappa shape index (κ1) is 16.6. The van der Waals surface area contributed by atoms with Crippen molar-refractivity contribution in [3.05, 3.63) is 23.5 Å². The molecule has 2 aromatic rings. The van der Waals surface area contributed by atoms with Gasteiger partial charge in [-0.2, -0.15) is 4.98 Å². The molecule has 9 nitrogen and oxygen atoms in total. The lowest BCUT2D eigenvalue weighted by atomic mass is 10.2. The maximum Gasteiger partial charge on any atom is 0.243 e. The normalized spacial score (nSPS) is 17.8. The third-order valence-corrected chi connectivity index (χ3v) is 4.12. The van der Waals surface area contributed by atoms with Gasteiger partial charge in [0, 0.05) is 32.2 Å². The quantitative estimate of drug-likeness (QED) is 0.864. The van der Waals surface area contributed by atoms with E-state index >= 15 is 0 Å². The van der Waals surface area contributed by atoms with Crippen molar-refractivity contribution in [2.75, 3.05) is 38.0 Å². The molecule has 0 saturated carbocycles. The zero-order valence-electron chi connectivity index (χ0n) is 14.2. The van der Waals surface area contributed by atoms with E-state index in [1.165, 1.54) is 0 Å². The van der Waals surface area contributed by atoms with Crippen molar-refractivity contribution in [2.24, 2.45) is 0 Å². The summed E-state index contributed by atoms with van der Waals surface area (Å²) in [5, 5.41) is 10.3. The van der Waals surface area contributed by atoms with Crippen molar-refractivity contribution >= 4 is 11.7 Å². The van der Waals surface area contributed by atoms with Crippen LogP contribution in [-0.4, -0.2) is 63.7 Å². The van der Waals surface area contributed by atoms with Crippen molar-refractivity contribution in [3.8, 4) is 0 Å². The summed E-state index contributed by atoms with van der Waals surface area (Å²) in [6.07, 6.45) is 0. The van der Waals surface area contributed by atoms with Crippen molar-refractivity contribution < 1.29 is 13.8 Å². The minimum atomic E-state index is -0.0858. The van der Waals surface area contributed by atoms with Gasteiger partial charge in [-0.25, -0.2) is 0 Å². The molecule has 24 heavy (non-hydrogen) atoms. The van der Waals surface area contributed by atoms with E-state index in [0.29, 0.717) is 29.8 Å². The number of piperazine rings is 1. The van der Waals surface area contributed by atoms with Crippen LogP contribution in [0, 0.1) is 13.8 Å². The third kappa shape index (κ3) is 3.98. The minimum Gasteiger partial charge on any atom is -0.360 e. The Hall–Kier alpha value is -2.26. The van der Waals surface area contributed by atoms with Gasteiger partial charge in [0.1, 0.15) is 5.76 Å². The number of hydrogen-bond donors (Lipinski definition) is 1. The average Bonchev–Trinajstić information content (AvgIpc) is 3.16. The SMILES string of the molecule is Cc1noc(C(C)N2CCN(CC(=O)Nc3cc(C)on3)CC2)n1. The molecule has 9 heteroatoms. The number of amides is 1. The van der Waals surface area contributed by atoms with Crippen LogP contribution in [0.25, 0.3) is 0 Å². The van der Waals surface area contributed by atoms with Crippen LogP contribution in [0.2, 0.25) is 0 Å². The number of nitrogens with zero attached hydrogens (tertiary/aromatic N) is 5. The van der Waals surface area contributed by atoms with Gasteiger partial charge in [-0.05, 0) is 20.8 Å². The Morgan fingerprint density at radius 2 is 2.00 bits per heavy atom. The van der Waals surface area contributed by atoms with Crippen LogP contribution < -0.4 is 5.32 Å². The van der Waals surface area contributed by atoms with E-state index < -0.39 is 0 Å². The summed E-state index contributed by atoms with van der Waals surface area (Å²) in [6, 6.07) is 1.78. The molecular formula is C15H22N6O3. The lowest BCUT2D eigenvalue weighted by Gasteiger charge is -2.36. The summed E-state index contributed by atoms with van der Waals surface area (Å²) in [6.45, 7) is 9.31. The second-order valence-electron chi connectivity index (χ2n) is 6.04. The van der Waals surface area contributed by atoms with E-state index in [9.17, 15) is 4.79 Å². The second kappa shape index (κ2) is 7.10. The zero-order chi connectivity index (χ0) is 17.1. The monoisotopic (exact) mass is 334 g/mol. The van der Waals surface area contributed by atoms with Gasteiger partial charge in [-0.3, -0.25) is 14.6 Å². The number of rotatable bonds is 5. The number of nitrogens with one attached hydrogen (secondary N) is 1. The van der Waals surface area contributed by atoms with Crippen LogP contribution in [0.15, 0.2) is 15.1 Å². The van der Waals surface area contributed by atoms with Crippen molar-refractivity contribution in [3.63, 3.8) is 0 Å². The molecule has 1 saturated heterocycles. The van der Waals surface area contributed by atoms with Gasteiger partial charge in [-0.1, -0.05) is 10.3 Å². The van der Waals surface area contributed by atoms with Gasteiger partial charge >= 0.3 is 0 Å². The van der Waals surface area contributed by atoms with Crippen LogP contribution >= 0.6 is 0 Å². The summed E-state index contributed by atoms with van der Waals surface area (Å²) in [4.78, 5) is 20.7. The molecule has 0 aliphatic carbocycles. The molecule has 0 aromatic carbocycles. The summed E-state index contributed by atoms with van der Waals surface area (Å²) in [5.74, 6) is 2.33. The lowest BCUT2D eigenvalue weighted by Crippen LogP contribution is -2.49. The predicted molar refractivity (Wildman–Crippen MR) is 85.3 cm³/mol. The highest BCUT2D eigenvalue weighted by Gasteiger charge is 2.26. The van der Waals surface area contributed by atoms with Gasteiger partial charge < -0.3 is 14.4 Å². The maximum atomic E-state index is 12.0. The number of hydrogen-bond acceptors (Lipinski definition) is 8. The Morgan fingerprint density at radius 1 is 1.25 bits per heavy atom. The molecule has 0 bridgehead atoms. The molecule has 1 atom stereocenters. The molecule has 1 fully saturated rings.